The molecule has 0 unspecified atom stereocenters. The molecule has 96 valence electrons. The molecule has 1 fully saturated rings. The van der Waals surface area contributed by atoms with Crippen LogP contribution in [0.25, 0.3) is 0 Å². The van der Waals surface area contributed by atoms with Gasteiger partial charge in [-0.15, -0.1) is 12.4 Å². The number of aromatic hydroxyl groups is 1. The van der Waals surface area contributed by atoms with Gasteiger partial charge in [-0.05, 0) is 24.5 Å². The Morgan fingerprint density at radius 3 is 2.71 bits per heavy atom. The number of phenols is 1. The van der Waals surface area contributed by atoms with E-state index >= 15 is 0 Å². The molecule has 5 heteroatoms. The van der Waals surface area contributed by atoms with E-state index in [1.165, 1.54) is 20.0 Å². The molecule has 1 saturated carbocycles. The minimum Gasteiger partial charge on any atom is -0.504 e. The standard InChI is InChI=1S/C12H16BrNO2.ClH/c1-16-11-6-8(13)5-9(12(11)15)10(14)4-7-2-3-7;/h5-7,10,15H,2-4,14H2,1H3;1H/t10-;/m1./s1. The number of nitrogens with two attached hydrogens (primary N) is 1. The van der Waals surface area contributed by atoms with Crippen LogP contribution in [0.4, 0.5) is 0 Å². The van der Waals surface area contributed by atoms with E-state index in [0.29, 0.717) is 5.75 Å². The molecule has 3 nitrogen and oxygen atoms in total. The topological polar surface area (TPSA) is 55.5 Å². The fourth-order valence-corrected chi connectivity index (χ4v) is 2.33. The van der Waals surface area contributed by atoms with Crippen molar-refractivity contribution in [3.8, 4) is 11.5 Å². The van der Waals surface area contributed by atoms with Gasteiger partial charge < -0.3 is 15.6 Å². The summed E-state index contributed by atoms with van der Waals surface area (Å²) in [6.07, 6.45) is 3.46. The normalized spacial score (nSPS) is 16.2. The Morgan fingerprint density at radius 1 is 1.53 bits per heavy atom. The minimum absolute atomic E-state index is 0. The number of benzene rings is 1. The van der Waals surface area contributed by atoms with E-state index in [1.807, 2.05) is 6.07 Å². The summed E-state index contributed by atoms with van der Waals surface area (Å²) in [7, 11) is 1.54. The van der Waals surface area contributed by atoms with Crippen LogP contribution in [-0.4, -0.2) is 12.2 Å². The van der Waals surface area contributed by atoms with Gasteiger partial charge in [0.1, 0.15) is 0 Å². The monoisotopic (exact) mass is 321 g/mol. The van der Waals surface area contributed by atoms with Gasteiger partial charge in [-0.2, -0.15) is 0 Å². The number of hydrogen-bond donors (Lipinski definition) is 2. The van der Waals surface area contributed by atoms with Gasteiger partial charge in [0.25, 0.3) is 0 Å². The van der Waals surface area contributed by atoms with Gasteiger partial charge in [0.2, 0.25) is 0 Å². The van der Waals surface area contributed by atoms with Gasteiger partial charge in [-0.1, -0.05) is 28.8 Å². The molecule has 0 spiro atoms. The van der Waals surface area contributed by atoms with Gasteiger partial charge in [0.05, 0.1) is 7.11 Å². The molecular weight excluding hydrogens is 305 g/mol. The summed E-state index contributed by atoms with van der Waals surface area (Å²) in [6.45, 7) is 0. The van der Waals surface area contributed by atoms with Gasteiger partial charge in [-0.25, -0.2) is 0 Å². The van der Waals surface area contributed by atoms with E-state index < -0.39 is 0 Å². The second-order valence-electron chi connectivity index (χ2n) is 4.33. The lowest BCUT2D eigenvalue weighted by Crippen LogP contribution is -2.11. The molecule has 0 radical (unpaired) electrons. The Morgan fingerprint density at radius 2 is 2.18 bits per heavy atom. The SMILES string of the molecule is COc1cc(Br)cc([C@H](N)CC2CC2)c1O.Cl. The van der Waals surface area contributed by atoms with Gasteiger partial charge in [0.15, 0.2) is 11.5 Å². The molecule has 17 heavy (non-hydrogen) atoms. The summed E-state index contributed by atoms with van der Waals surface area (Å²) in [4.78, 5) is 0. The zero-order valence-corrected chi connectivity index (χ0v) is 12.1. The number of hydrogen-bond acceptors (Lipinski definition) is 3. The molecular formula is C12H17BrClNO2. The van der Waals surface area contributed by atoms with Crippen molar-refractivity contribution in [2.24, 2.45) is 11.7 Å². The second kappa shape index (κ2) is 5.94. The molecule has 0 bridgehead atoms. The second-order valence-corrected chi connectivity index (χ2v) is 5.25. The highest BCUT2D eigenvalue weighted by molar-refractivity contribution is 9.10. The molecule has 1 aromatic rings. The number of phenolic OH excluding ortho intramolecular Hbond substituents is 1. The Kier molecular flexibility index (Phi) is 5.10. The van der Waals surface area contributed by atoms with Crippen LogP contribution >= 0.6 is 28.3 Å². The molecule has 1 aliphatic rings. The number of ether oxygens (including phenoxy) is 1. The molecule has 1 atom stereocenters. The van der Waals surface area contributed by atoms with E-state index in [-0.39, 0.29) is 24.2 Å². The van der Waals surface area contributed by atoms with Crippen molar-refractivity contribution in [2.75, 3.05) is 7.11 Å². The fraction of sp³-hybridized carbons (Fsp3) is 0.500. The van der Waals surface area contributed by atoms with Crippen molar-refractivity contribution in [3.05, 3.63) is 22.2 Å². The first-order chi connectivity index (χ1) is 7.61. The first kappa shape index (κ1) is 14.6. The smallest absolute Gasteiger partial charge is 0.162 e. The van der Waals surface area contributed by atoms with Crippen LogP contribution < -0.4 is 10.5 Å². The summed E-state index contributed by atoms with van der Waals surface area (Å²) in [5, 5.41) is 9.99. The highest BCUT2D eigenvalue weighted by Crippen LogP contribution is 2.42. The van der Waals surface area contributed by atoms with E-state index in [4.69, 9.17) is 10.5 Å². The lowest BCUT2D eigenvalue weighted by molar-refractivity contribution is 0.367. The zero-order valence-electron chi connectivity index (χ0n) is 9.65. The maximum absolute atomic E-state index is 9.99. The third-order valence-electron chi connectivity index (χ3n) is 2.97. The Labute approximate surface area is 116 Å². The molecule has 3 N–H and O–H groups in total. The summed E-state index contributed by atoms with van der Waals surface area (Å²) < 4.78 is 5.98. The van der Waals surface area contributed by atoms with Crippen LogP contribution in [0.3, 0.4) is 0 Å². The Balaban J connectivity index is 0.00000144. The van der Waals surface area contributed by atoms with Crippen LogP contribution in [0.1, 0.15) is 30.9 Å². The van der Waals surface area contributed by atoms with E-state index in [0.717, 1.165) is 22.4 Å². The van der Waals surface area contributed by atoms with Gasteiger partial charge >= 0.3 is 0 Å². The average Bonchev–Trinajstić information content (AvgIpc) is 3.04. The van der Waals surface area contributed by atoms with Crippen molar-refractivity contribution in [1.82, 2.24) is 0 Å². The van der Waals surface area contributed by atoms with Crippen LogP contribution in [0.5, 0.6) is 11.5 Å². The maximum Gasteiger partial charge on any atom is 0.162 e. The largest absolute Gasteiger partial charge is 0.504 e. The Hall–Kier alpha value is -0.450. The van der Waals surface area contributed by atoms with Crippen molar-refractivity contribution in [3.63, 3.8) is 0 Å². The van der Waals surface area contributed by atoms with Gasteiger partial charge in [-0.3, -0.25) is 0 Å². The Bertz CT molecular complexity index is 396. The van der Waals surface area contributed by atoms with Crippen molar-refractivity contribution in [2.45, 2.75) is 25.3 Å². The lowest BCUT2D eigenvalue weighted by atomic mass is 10.0. The third kappa shape index (κ3) is 3.50. The average molecular weight is 323 g/mol. The number of rotatable bonds is 4. The molecule has 1 aliphatic carbocycles. The van der Waals surface area contributed by atoms with Crippen LogP contribution in [0, 0.1) is 5.92 Å². The molecule has 0 aromatic heterocycles. The summed E-state index contributed by atoms with van der Waals surface area (Å²) in [5.74, 6) is 1.37. The summed E-state index contributed by atoms with van der Waals surface area (Å²) in [5.41, 5.74) is 6.86. The van der Waals surface area contributed by atoms with Crippen molar-refractivity contribution in [1.29, 1.82) is 0 Å². The molecule has 1 aromatic carbocycles. The third-order valence-corrected chi connectivity index (χ3v) is 3.43. The van der Waals surface area contributed by atoms with Crippen LogP contribution in [0.15, 0.2) is 16.6 Å². The van der Waals surface area contributed by atoms with Crippen LogP contribution in [-0.2, 0) is 0 Å². The molecule has 0 aliphatic heterocycles. The quantitative estimate of drug-likeness (QED) is 0.893. The highest BCUT2D eigenvalue weighted by atomic mass is 79.9. The number of methoxy groups -OCH3 is 1. The molecule has 0 amide bonds. The molecule has 0 heterocycles. The molecule has 2 rings (SSSR count). The van der Waals surface area contributed by atoms with E-state index in [1.54, 1.807) is 6.07 Å². The first-order valence-corrected chi connectivity index (χ1v) is 6.23. The summed E-state index contributed by atoms with van der Waals surface area (Å²) in [6, 6.07) is 3.49. The molecule has 0 saturated heterocycles. The first-order valence-electron chi connectivity index (χ1n) is 5.43. The maximum atomic E-state index is 9.99. The van der Waals surface area contributed by atoms with Gasteiger partial charge in [0, 0.05) is 16.1 Å². The van der Waals surface area contributed by atoms with Crippen LogP contribution in [0.2, 0.25) is 0 Å². The van der Waals surface area contributed by atoms with E-state index in [2.05, 4.69) is 15.9 Å². The fourth-order valence-electron chi connectivity index (χ4n) is 1.87. The predicted molar refractivity (Wildman–Crippen MR) is 73.9 cm³/mol. The zero-order chi connectivity index (χ0) is 11.7. The lowest BCUT2D eigenvalue weighted by Gasteiger charge is -2.15. The highest BCUT2D eigenvalue weighted by Gasteiger charge is 2.26. The van der Waals surface area contributed by atoms with Crippen molar-refractivity contribution < 1.29 is 9.84 Å². The minimum atomic E-state index is -0.112. The predicted octanol–water partition coefficient (Wildman–Crippen LogP) is 3.39. The number of halogens is 2. The summed E-state index contributed by atoms with van der Waals surface area (Å²) >= 11 is 3.39. The van der Waals surface area contributed by atoms with E-state index in [9.17, 15) is 5.11 Å². The van der Waals surface area contributed by atoms with Crippen molar-refractivity contribution >= 4 is 28.3 Å².